The number of carbonyl (C=O) groups is 2. The van der Waals surface area contributed by atoms with E-state index in [9.17, 15) is 9.59 Å². The molecule has 6 heteroatoms. The van der Waals surface area contributed by atoms with Crippen LogP contribution in [0.4, 0.5) is 5.69 Å². The largest absolute Gasteiger partial charge is 0.345 e. The van der Waals surface area contributed by atoms with Crippen LogP contribution < -0.4 is 10.6 Å². The molecule has 1 heterocycles. The molecule has 0 aliphatic carbocycles. The van der Waals surface area contributed by atoms with Gasteiger partial charge in [0.1, 0.15) is 0 Å². The van der Waals surface area contributed by atoms with Crippen molar-refractivity contribution in [3.05, 3.63) is 29.8 Å². The van der Waals surface area contributed by atoms with Gasteiger partial charge in [0.2, 0.25) is 5.91 Å². The summed E-state index contributed by atoms with van der Waals surface area (Å²) in [6.45, 7) is 0.860. The quantitative estimate of drug-likeness (QED) is 0.874. The zero-order valence-electron chi connectivity index (χ0n) is 11.7. The van der Waals surface area contributed by atoms with Crippen molar-refractivity contribution in [2.45, 2.75) is 6.04 Å². The van der Waals surface area contributed by atoms with Gasteiger partial charge in [-0.15, -0.1) is 0 Å². The molecule has 0 radical (unpaired) electrons. The fourth-order valence-electron chi connectivity index (χ4n) is 1.92. The van der Waals surface area contributed by atoms with Crippen LogP contribution >= 0.6 is 11.8 Å². The first kappa shape index (κ1) is 14.9. The van der Waals surface area contributed by atoms with E-state index in [1.807, 2.05) is 0 Å². The Bertz CT molecular complexity index is 482. The first-order chi connectivity index (χ1) is 9.58. The molecule has 0 aromatic heterocycles. The van der Waals surface area contributed by atoms with Gasteiger partial charge in [0.05, 0.1) is 6.04 Å². The number of nitrogens with one attached hydrogen (secondary N) is 2. The van der Waals surface area contributed by atoms with Gasteiger partial charge >= 0.3 is 0 Å². The third-order valence-electron chi connectivity index (χ3n) is 3.04. The summed E-state index contributed by atoms with van der Waals surface area (Å²) >= 11 is 1.78. The number of carbonyl (C=O) groups excluding carboxylic acids is 2. The molecule has 1 aliphatic rings. The first-order valence-corrected chi connectivity index (χ1v) is 7.67. The minimum Gasteiger partial charge on any atom is -0.345 e. The lowest BCUT2D eigenvalue weighted by atomic mass is 10.2. The van der Waals surface area contributed by atoms with Gasteiger partial charge in [0, 0.05) is 43.4 Å². The Morgan fingerprint density at radius 3 is 2.55 bits per heavy atom. The molecule has 1 fully saturated rings. The van der Waals surface area contributed by atoms with Gasteiger partial charge in [-0.3, -0.25) is 9.59 Å². The van der Waals surface area contributed by atoms with Crippen molar-refractivity contribution in [1.82, 2.24) is 10.2 Å². The van der Waals surface area contributed by atoms with E-state index in [0.717, 1.165) is 18.1 Å². The minimum absolute atomic E-state index is 0.0242. The van der Waals surface area contributed by atoms with Crippen LogP contribution in [0.15, 0.2) is 24.3 Å². The highest BCUT2D eigenvalue weighted by Crippen LogP contribution is 2.13. The van der Waals surface area contributed by atoms with Crippen LogP contribution in [0.1, 0.15) is 10.4 Å². The molecule has 108 valence electrons. The summed E-state index contributed by atoms with van der Waals surface area (Å²) in [6, 6.07) is 6.81. The van der Waals surface area contributed by atoms with Gasteiger partial charge in [0.15, 0.2) is 0 Å². The molecule has 0 bridgehead atoms. The van der Waals surface area contributed by atoms with Crippen LogP contribution in [0, 0.1) is 0 Å². The molecule has 1 aromatic carbocycles. The second-order valence-electron chi connectivity index (χ2n) is 4.85. The summed E-state index contributed by atoms with van der Waals surface area (Å²) in [4.78, 5) is 25.3. The van der Waals surface area contributed by atoms with Gasteiger partial charge in [-0.05, 0) is 24.3 Å². The number of benzene rings is 1. The summed E-state index contributed by atoms with van der Waals surface area (Å²) in [7, 11) is 3.43. The lowest BCUT2D eigenvalue weighted by Gasteiger charge is -2.22. The van der Waals surface area contributed by atoms with Gasteiger partial charge < -0.3 is 15.5 Å². The van der Waals surface area contributed by atoms with E-state index < -0.39 is 0 Å². The molecule has 1 atom stereocenters. The molecule has 5 nitrogen and oxygen atoms in total. The van der Waals surface area contributed by atoms with Crippen LogP contribution in [-0.2, 0) is 4.79 Å². The lowest BCUT2D eigenvalue weighted by molar-refractivity contribution is -0.117. The summed E-state index contributed by atoms with van der Waals surface area (Å²) in [5.74, 6) is 1.77. The number of nitrogens with zero attached hydrogens (tertiary/aromatic N) is 1. The molecule has 1 unspecified atom stereocenters. The standard InChI is InChI=1S/C14H19N3O2S/c1-17(2)14(19)10-3-5-11(6-4-10)16-13(18)12-9-20-8-7-15-12/h3-6,12,15H,7-9H2,1-2H3,(H,16,18). The van der Waals surface area contributed by atoms with Crippen LogP contribution in [0.5, 0.6) is 0 Å². The van der Waals surface area contributed by atoms with Gasteiger partial charge in [0.25, 0.3) is 5.91 Å². The number of hydrogen-bond donors (Lipinski definition) is 2. The molecule has 20 heavy (non-hydrogen) atoms. The van der Waals surface area contributed by atoms with Crippen molar-refractivity contribution in [2.75, 3.05) is 37.5 Å². The van der Waals surface area contributed by atoms with Crippen LogP contribution in [0.25, 0.3) is 0 Å². The van der Waals surface area contributed by atoms with Crippen molar-refractivity contribution in [1.29, 1.82) is 0 Å². The SMILES string of the molecule is CN(C)C(=O)c1ccc(NC(=O)C2CSCCN2)cc1. The van der Waals surface area contributed by atoms with Crippen molar-refractivity contribution in [2.24, 2.45) is 0 Å². The second-order valence-corrected chi connectivity index (χ2v) is 6.00. The van der Waals surface area contributed by atoms with Gasteiger partial charge in [-0.25, -0.2) is 0 Å². The normalized spacial score (nSPS) is 18.4. The number of anilines is 1. The molecule has 0 saturated carbocycles. The fraction of sp³-hybridized carbons (Fsp3) is 0.429. The van der Waals surface area contributed by atoms with Crippen LogP contribution in [-0.4, -0.2) is 54.9 Å². The van der Waals surface area contributed by atoms with E-state index >= 15 is 0 Å². The number of amides is 2. The summed E-state index contributed by atoms with van der Waals surface area (Å²) < 4.78 is 0. The summed E-state index contributed by atoms with van der Waals surface area (Å²) in [5.41, 5.74) is 1.32. The maximum Gasteiger partial charge on any atom is 0.253 e. The Morgan fingerprint density at radius 2 is 2.00 bits per heavy atom. The Hall–Kier alpha value is -1.53. The molecular weight excluding hydrogens is 274 g/mol. The third-order valence-corrected chi connectivity index (χ3v) is 4.11. The molecule has 2 N–H and O–H groups in total. The molecule has 1 aliphatic heterocycles. The number of rotatable bonds is 3. The van der Waals surface area contributed by atoms with Gasteiger partial charge in [-0.1, -0.05) is 0 Å². The molecule has 0 spiro atoms. The van der Waals surface area contributed by atoms with Crippen molar-refractivity contribution >= 4 is 29.3 Å². The van der Waals surface area contributed by atoms with E-state index in [1.54, 1.807) is 50.1 Å². The Morgan fingerprint density at radius 1 is 1.30 bits per heavy atom. The smallest absolute Gasteiger partial charge is 0.253 e. The van der Waals surface area contributed by atoms with E-state index in [-0.39, 0.29) is 17.9 Å². The topological polar surface area (TPSA) is 61.4 Å². The molecule has 2 rings (SSSR count). The average molecular weight is 293 g/mol. The maximum atomic E-state index is 12.0. The number of thioether (sulfide) groups is 1. The van der Waals surface area contributed by atoms with Crippen molar-refractivity contribution in [3.63, 3.8) is 0 Å². The molecule has 1 saturated heterocycles. The minimum atomic E-state index is -0.142. The molecule has 2 amide bonds. The van der Waals surface area contributed by atoms with E-state index in [2.05, 4.69) is 10.6 Å². The predicted molar refractivity (Wildman–Crippen MR) is 82.2 cm³/mol. The van der Waals surface area contributed by atoms with E-state index in [1.165, 1.54) is 4.90 Å². The third kappa shape index (κ3) is 3.74. The Kier molecular flexibility index (Phi) is 5.03. The predicted octanol–water partition coefficient (Wildman–Crippen LogP) is 1.03. The van der Waals surface area contributed by atoms with Crippen LogP contribution in [0.3, 0.4) is 0 Å². The zero-order chi connectivity index (χ0) is 14.5. The fourth-order valence-corrected chi connectivity index (χ4v) is 2.85. The molecule has 1 aromatic rings. The monoisotopic (exact) mass is 293 g/mol. The van der Waals surface area contributed by atoms with Gasteiger partial charge in [-0.2, -0.15) is 11.8 Å². The second kappa shape index (κ2) is 6.76. The highest BCUT2D eigenvalue weighted by atomic mass is 32.2. The molecular formula is C14H19N3O2S. The summed E-state index contributed by atoms with van der Waals surface area (Å²) in [6.07, 6.45) is 0. The highest BCUT2D eigenvalue weighted by molar-refractivity contribution is 7.99. The van der Waals surface area contributed by atoms with Crippen LogP contribution in [0.2, 0.25) is 0 Å². The zero-order valence-corrected chi connectivity index (χ0v) is 12.5. The summed E-state index contributed by atoms with van der Waals surface area (Å²) in [5, 5.41) is 6.06. The average Bonchev–Trinajstić information content (AvgIpc) is 2.48. The first-order valence-electron chi connectivity index (χ1n) is 6.51. The van der Waals surface area contributed by atoms with E-state index in [4.69, 9.17) is 0 Å². The van der Waals surface area contributed by atoms with Crippen molar-refractivity contribution < 1.29 is 9.59 Å². The Labute approximate surface area is 123 Å². The lowest BCUT2D eigenvalue weighted by Crippen LogP contribution is -2.46. The Balaban J connectivity index is 1.96. The number of hydrogen-bond acceptors (Lipinski definition) is 4. The van der Waals surface area contributed by atoms with Crippen molar-refractivity contribution in [3.8, 4) is 0 Å². The maximum absolute atomic E-state index is 12.0. The highest BCUT2D eigenvalue weighted by Gasteiger charge is 2.20. The van der Waals surface area contributed by atoms with E-state index in [0.29, 0.717) is 11.3 Å².